The number of alkyl halides is 1. The Bertz CT molecular complexity index is 1960. The van der Waals surface area contributed by atoms with Crippen LogP contribution >= 0.6 is 15.9 Å². The predicted molar refractivity (Wildman–Crippen MR) is 274 cm³/mol. The maximum absolute atomic E-state index is 13.5. The number of likely N-dealkylation sites (N-methyl/N-ethyl adjacent to an activating group) is 1. The molecule has 8 saturated carbocycles. The third kappa shape index (κ3) is 11.2. The zero-order valence-corrected chi connectivity index (χ0v) is 42.9. The van der Waals surface area contributed by atoms with Crippen LogP contribution in [0, 0.1) is 93.5 Å². The standard InChI is InChI=1S/C28H40FNO2.C21H33BrO2.C8H9F.CH4.B/c1-27(32)14-12-21-18(16-27)4-9-23-22(21)13-15-28(2)24(23)10-11-25(28)26(31)17-30(3)20-7-5-19(29)6-8-20;1-20(24)9-7-14-13(11-20)3-4-16-15(14)8-10-21(2)17(16)5-6-18(21)19(23)12-22;1-2-7-3-5-8(9)6-4-7;;/h5-8,18,21-25,32H,4,9-17H2,1-3H3;13-18,24H,3-12H2,1-2H3;3-6H,2H2,1H3;1H4;/t18-,21+,22-,23-,24+,25-,27-,28+;13-,14+,15-,16-,17+,18-,20-,21+;;;/m11.../s1. The van der Waals surface area contributed by atoms with Gasteiger partial charge in [-0.1, -0.05) is 56.3 Å². The summed E-state index contributed by atoms with van der Waals surface area (Å²) < 4.78 is 25.5. The maximum Gasteiger partial charge on any atom is 0.155 e. The van der Waals surface area contributed by atoms with E-state index in [0.29, 0.717) is 41.2 Å². The zero-order chi connectivity index (χ0) is 46.5. The van der Waals surface area contributed by atoms with Crippen LogP contribution in [0.1, 0.15) is 163 Å². The fourth-order valence-electron chi connectivity index (χ4n) is 17.2. The summed E-state index contributed by atoms with van der Waals surface area (Å²) in [5.74, 6) is 8.69. The molecule has 8 aliphatic carbocycles. The molecule has 0 aliphatic heterocycles. The number of fused-ring (bicyclic) bond motifs is 10. The van der Waals surface area contributed by atoms with Crippen LogP contribution in [0.5, 0.6) is 0 Å². The van der Waals surface area contributed by atoms with Crippen LogP contribution in [0.3, 0.4) is 0 Å². The lowest BCUT2D eigenvalue weighted by molar-refractivity contribution is -0.131. The van der Waals surface area contributed by atoms with E-state index in [0.717, 1.165) is 98.0 Å². The van der Waals surface area contributed by atoms with Gasteiger partial charge in [0.15, 0.2) is 5.78 Å². The van der Waals surface area contributed by atoms with E-state index in [-0.39, 0.29) is 44.2 Å². The van der Waals surface area contributed by atoms with Gasteiger partial charge in [-0.15, -0.1) is 0 Å². The fourth-order valence-corrected chi connectivity index (χ4v) is 17.6. The van der Waals surface area contributed by atoms with E-state index in [4.69, 9.17) is 0 Å². The second-order valence-electron chi connectivity index (χ2n) is 24.1. The van der Waals surface area contributed by atoms with Crippen molar-refractivity contribution in [1.29, 1.82) is 0 Å². The first-order chi connectivity index (χ1) is 30.9. The Labute approximate surface area is 414 Å². The van der Waals surface area contributed by atoms with Crippen LogP contribution in [-0.2, 0) is 16.0 Å². The number of anilines is 1. The molecule has 0 amide bonds. The highest BCUT2D eigenvalue weighted by Gasteiger charge is 2.60. The first-order valence-corrected chi connectivity index (χ1v) is 27.3. The fraction of sp³-hybridized carbons (Fsp3) is 0.759. The Hall–Kier alpha value is -2.10. The molecule has 9 heteroatoms. The monoisotopic (exact) mass is 989 g/mol. The van der Waals surface area contributed by atoms with Gasteiger partial charge >= 0.3 is 0 Å². The number of halogens is 3. The van der Waals surface area contributed by atoms with Gasteiger partial charge in [0.25, 0.3) is 0 Å². The zero-order valence-electron chi connectivity index (χ0n) is 41.3. The molecule has 0 spiro atoms. The number of hydrogen-bond donors (Lipinski definition) is 2. The number of Topliss-reactive ketones (excluding diaryl/α,β-unsaturated/α-hetero) is 2. The summed E-state index contributed by atoms with van der Waals surface area (Å²) in [5.41, 5.74) is 1.59. The molecule has 2 aromatic rings. The lowest BCUT2D eigenvalue weighted by atomic mass is 9.49. The number of benzene rings is 2. The Morgan fingerprint density at radius 2 is 1.01 bits per heavy atom. The second kappa shape index (κ2) is 21.7. The molecule has 2 aromatic carbocycles. The minimum absolute atomic E-state index is 0. The van der Waals surface area contributed by atoms with Crippen molar-refractivity contribution in [1.82, 2.24) is 0 Å². The van der Waals surface area contributed by atoms with Gasteiger partial charge in [-0.3, -0.25) is 9.59 Å². The largest absolute Gasteiger partial charge is 0.390 e. The molecule has 0 bridgehead atoms. The molecule has 10 rings (SSSR count). The molecule has 0 heterocycles. The molecule has 16 atom stereocenters. The third-order valence-corrected chi connectivity index (χ3v) is 20.9. The van der Waals surface area contributed by atoms with E-state index in [1.165, 1.54) is 107 Å². The van der Waals surface area contributed by atoms with Gasteiger partial charge in [0.2, 0.25) is 0 Å². The van der Waals surface area contributed by atoms with Crippen LogP contribution < -0.4 is 4.90 Å². The summed E-state index contributed by atoms with van der Waals surface area (Å²) in [4.78, 5) is 27.9. The second-order valence-corrected chi connectivity index (χ2v) is 24.6. The summed E-state index contributed by atoms with van der Waals surface area (Å²) in [6.07, 6.45) is 22.2. The molecule has 3 radical (unpaired) electrons. The van der Waals surface area contributed by atoms with Crippen LogP contribution in [0.2, 0.25) is 0 Å². The maximum atomic E-state index is 13.5. The van der Waals surface area contributed by atoms with E-state index >= 15 is 0 Å². The van der Waals surface area contributed by atoms with Crippen molar-refractivity contribution in [3.8, 4) is 0 Å². The van der Waals surface area contributed by atoms with Gasteiger partial charge in [0.05, 0.1) is 23.1 Å². The van der Waals surface area contributed by atoms with E-state index in [1.807, 2.05) is 32.7 Å². The minimum Gasteiger partial charge on any atom is -0.390 e. The molecule has 67 heavy (non-hydrogen) atoms. The lowest BCUT2D eigenvalue weighted by Crippen LogP contribution is -2.51. The number of ketones is 2. The number of hydrogen-bond acceptors (Lipinski definition) is 5. The molecule has 0 saturated heterocycles. The SMILES string of the molecule is C.CCc1ccc(F)cc1.CN(CC(=O)[C@H]1CC[C@H]2[C@@H]3CC[C@@H]4C[C@](C)(O)CC[C@@H]4[C@H]3CC[C@]12C)c1ccc(F)cc1.C[C@@]1(O)CC[C@H]2[C@H](CC[C@@H]3[C@@H]2CC[C@]2(C)[C@@H](C(=O)CBr)CC[C@@H]32)C1.[B]. The van der Waals surface area contributed by atoms with E-state index in [1.54, 1.807) is 24.3 Å². The van der Waals surface area contributed by atoms with Gasteiger partial charge in [0, 0.05) is 33.0 Å². The third-order valence-electron chi connectivity index (χ3n) is 20.4. The molecular weight excluding hydrogens is 903 g/mol. The molecule has 0 aromatic heterocycles. The average molecular weight is 990 g/mol. The summed E-state index contributed by atoms with van der Waals surface area (Å²) in [6, 6.07) is 13.0. The Morgan fingerprint density at radius 3 is 1.45 bits per heavy atom. The van der Waals surface area contributed by atoms with Crippen molar-refractivity contribution >= 4 is 41.6 Å². The highest BCUT2D eigenvalue weighted by Crippen LogP contribution is 2.66. The summed E-state index contributed by atoms with van der Waals surface area (Å²) in [6.45, 7) is 11.4. The minimum atomic E-state index is -0.460. The normalized spacial score (nSPS) is 41.2. The quantitative estimate of drug-likeness (QED) is 0.213. The molecule has 5 nitrogen and oxygen atoms in total. The molecule has 8 fully saturated rings. The lowest BCUT2D eigenvalue weighted by Gasteiger charge is -2.56. The van der Waals surface area contributed by atoms with Crippen molar-refractivity contribution in [3.63, 3.8) is 0 Å². The average Bonchev–Trinajstić information content (AvgIpc) is 3.83. The first kappa shape index (κ1) is 54.2. The van der Waals surface area contributed by atoms with Crippen LogP contribution in [0.15, 0.2) is 48.5 Å². The number of carbonyl (C=O) groups is 2. The summed E-state index contributed by atoms with van der Waals surface area (Å²) in [5, 5.41) is 21.6. The van der Waals surface area contributed by atoms with Crippen molar-refractivity contribution in [2.75, 3.05) is 23.8 Å². The number of aliphatic hydroxyl groups is 2. The Morgan fingerprint density at radius 1 is 0.597 bits per heavy atom. The van der Waals surface area contributed by atoms with Gasteiger partial charge < -0.3 is 15.1 Å². The van der Waals surface area contributed by atoms with E-state index in [9.17, 15) is 28.6 Å². The predicted octanol–water partition coefficient (Wildman–Crippen LogP) is 13.5. The smallest absolute Gasteiger partial charge is 0.155 e. The number of rotatable bonds is 7. The highest BCUT2D eigenvalue weighted by atomic mass is 79.9. The summed E-state index contributed by atoms with van der Waals surface area (Å²) >= 11 is 3.42. The van der Waals surface area contributed by atoms with Crippen LogP contribution in [0.4, 0.5) is 14.5 Å². The number of aryl methyl sites for hydroxylation is 1. The highest BCUT2D eigenvalue weighted by molar-refractivity contribution is 9.09. The topological polar surface area (TPSA) is 77.8 Å². The van der Waals surface area contributed by atoms with Gasteiger partial charge in [-0.05, 0) is 248 Å². The van der Waals surface area contributed by atoms with E-state index in [2.05, 4.69) is 29.8 Å². The Balaban J connectivity index is 0.000000186. The van der Waals surface area contributed by atoms with Crippen LogP contribution in [0.25, 0.3) is 0 Å². The van der Waals surface area contributed by atoms with Crippen molar-refractivity contribution < 1.29 is 28.6 Å². The summed E-state index contributed by atoms with van der Waals surface area (Å²) in [7, 11) is 1.94. The van der Waals surface area contributed by atoms with Crippen molar-refractivity contribution in [2.24, 2.45) is 81.8 Å². The van der Waals surface area contributed by atoms with Crippen molar-refractivity contribution in [2.45, 2.75) is 175 Å². The van der Waals surface area contributed by atoms with Crippen LogP contribution in [-0.4, -0.2) is 60.3 Å². The van der Waals surface area contributed by atoms with Gasteiger partial charge in [0.1, 0.15) is 17.4 Å². The molecule has 2 N–H and O–H groups in total. The van der Waals surface area contributed by atoms with Gasteiger partial charge in [-0.25, -0.2) is 8.78 Å². The van der Waals surface area contributed by atoms with E-state index < -0.39 is 11.2 Å². The molecule has 0 unspecified atom stereocenters. The number of nitrogens with zero attached hydrogens (tertiary/aromatic N) is 1. The van der Waals surface area contributed by atoms with Crippen molar-refractivity contribution in [3.05, 3.63) is 65.7 Å². The molecular formula is C58H86BBrF2NO4. The van der Waals surface area contributed by atoms with Gasteiger partial charge in [-0.2, -0.15) is 0 Å². The first-order valence-electron chi connectivity index (χ1n) is 26.1. The Kier molecular flexibility index (Phi) is 17.6. The number of carbonyl (C=O) groups excluding carboxylic acids is 2. The molecule has 8 aliphatic rings. The molecule has 371 valence electrons.